The summed E-state index contributed by atoms with van der Waals surface area (Å²) in [7, 11) is 1.32. The number of halogens is 3. The van der Waals surface area contributed by atoms with Crippen LogP contribution in [0, 0.1) is 6.92 Å². The predicted molar refractivity (Wildman–Crippen MR) is 73.9 cm³/mol. The number of nitrogens with one attached hydrogen (secondary N) is 1. The minimum absolute atomic E-state index is 0.120. The quantitative estimate of drug-likeness (QED) is 0.899. The molecule has 2 rings (SSSR count). The molecule has 21 heavy (non-hydrogen) atoms. The summed E-state index contributed by atoms with van der Waals surface area (Å²) < 4.78 is 51.8. The van der Waals surface area contributed by atoms with Crippen LogP contribution in [-0.2, 0) is 15.1 Å². The Bertz CT molecular complexity index is 504. The summed E-state index contributed by atoms with van der Waals surface area (Å²) in [5.74, 6) is 0. The molecule has 0 spiro atoms. The van der Waals surface area contributed by atoms with Crippen LogP contribution in [0.1, 0.15) is 37.3 Å². The summed E-state index contributed by atoms with van der Waals surface area (Å²) >= 11 is 0. The van der Waals surface area contributed by atoms with E-state index in [2.05, 4.69) is 5.32 Å². The first-order valence-electron chi connectivity index (χ1n) is 6.99. The first-order valence-corrected chi connectivity index (χ1v) is 6.99. The van der Waals surface area contributed by atoms with Crippen molar-refractivity contribution in [3.63, 3.8) is 0 Å². The van der Waals surface area contributed by atoms with Gasteiger partial charge in [-0.05, 0) is 19.4 Å². The molecule has 0 amide bonds. The zero-order chi connectivity index (χ0) is 15.7. The molecular weight excluding hydrogens is 283 g/mol. The summed E-state index contributed by atoms with van der Waals surface area (Å²) in [6, 6.07) is 4.95. The third kappa shape index (κ3) is 2.87. The molecule has 1 N–H and O–H groups in total. The SMILES string of the molecule is CCCCC1(C(F)(F)F)OC(OC)Nc2ccc(C)cc21. The van der Waals surface area contributed by atoms with Crippen molar-refractivity contribution in [2.75, 3.05) is 12.4 Å². The molecule has 2 atom stereocenters. The zero-order valence-electron chi connectivity index (χ0n) is 12.4. The van der Waals surface area contributed by atoms with Gasteiger partial charge in [0, 0.05) is 18.4 Å². The van der Waals surface area contributed by atoms with E-state index in [-0.39, 0.29) is 12.0 Å². The fourth-order valence-electron chi connectivity index (χ4n) is 2.61. The second kappa shape index (κ2) is 5.85. The topological polar surface area (TPSA) is 30.5 Å². The van der Waals surface area contributed by atoms with E-state index in [0.717, 1.165) is 5.56 Å². The van der Waals surface area contributed by atoms with E-state index in [1.165, 1.54) is 13.2 Å². The zero-order valence-corrected chi connectivity index (χ0v) is 12.4. The molecule has 1 aliphatic heterocycles. The van der Waals surface area contributed by atoms with E-state index in [9.17, 15) is 13.2 Å². The molecule has 1 aromatic rings. The Balaban J connectivity index is 2.58. The van der Waals surface area contributed by atoms with E-state index in [0.29, 0.717) is 18.5 Å². The van der Waals surface area contributed by atoms with Crippen molar-refractivity contribution in [3.8, 4) is 0 Å². The molecule has 0 aliphatic carbocycles. The van der Waals surface area contributed by atoms with E-state index in [4.69, 9.17) is 9.47 Å². The molecule has 1 aliphatic rings. The number of ether oxygens (including phenoxy) is 2. The number of unbranched alkanes of at least 4 members (excludes halogenated alkanes) is 1. The molecule has 0 aromatic heterocycles. The summed E-state index contributed by atoms with van der Waals surface area (Å²) in [6.45, 7) is 3.62. The summed E-state index contributed by atoms with van der Waals surface area (Å²) in [6.07, 6.45) is -4.66. The van der Waals surface area contributed by atoms with Crippen molar-refractivity contribution in [2.24, 2.45) is 0 Å². The van der Waals surface area contributed by atoms with Crippen LogP contribution >= 0.6 is 0 Å². The lowest BCUT2D eigenvalue weighted by molar-refractivity contribution is -0.329. The first-order chi connectivity index (χ1) is 9.84. The molecule has 0 saturated heterocycles. The summed E-state index contributed by atoms with van der Waals surface area (Å²) in [4.78, 5) is 0. The number of hydrogen-bond acceptors (Lipinski definition) is 3. The molecule has 0 bridgehead atoms. The Labute approximate surface area is 122 Å². The van der Waals surface area contributed by atoms with Gasteiger partial charge in [0.05, 0.1) is 0 Å². The Kier molecular flexibility index (Phi) is 4.49. The van der Waals surface area contributed by atoms with E-state index >= 15 is 0 Å². The fourth-order valence-corrected chi connectivity index (χ4v) is 2.61. The molecule has 3 nitrogen and oxygen atoms in total. The van der Waals surface area contributed by atoms with Crippen molar-refractivity contribution in [2.45, 2.75) is 51.3 Å². The van der Waals surface area contributed by atoms with Gasteiger partial charge in [0.1, 0.15) is 0 Å². The van der Waals surface area contributed by atoms with Gasteiger partial charge in [0.25, 0.3) is 0 Å². The maximum absolute atomic E-state index is 13.8. The molecule has 2 unspecified atom stereocenters. The molecule has 0 radical (unpaired) electrons. The summed E-state index contributed by atoms with van der Waals surface area (Å²) in [5, 5.41) is 2.83. The van der Waals surface area contributed by atoms with Crippen LogP contribution in [0.25, 0.3) is 0 Å². The highest BCUT2D eigenvalue weighted by Crippen LogP contribution is 2.51. The highest BCUT2D eigenvalue weighted by Gasteiger charge is 2.60. The number of rotatable bonds is 4. The highest BCUT2D eigenvalue weighted by molar-refractivity contribution is 5.57. The smallest absolute Gasteiger partial charge is 0.339 e. The Morgan fingerprint density at radius 1 is 1.38 bits per heavy atom. The van der Waals surface area contributed by atoms with Crippen molar-refractivity contribution in [1.82, 2.24) is 0 Å². The van der Waals surface area contributed by atoms with E-state index in [1.807, 2.05) is 6.92 Å². The Hall–Kier alpha value is -1.27. The first kappa shape index (κ1) is 16.1. The van der Waals surface area contributed by atoms with Gasteiger partial charge >= 0.3 is 6.18 Å². The van der Waals surface area contributed by atoms with Gasteiger partial charge < -0.3 is 14.8 Å². The van der Waals surface area contributed by atoms with Gasteiger partial charge in [-0.15, -0.1) is 0 Å². The van der Waals surface area contributed by atoms with Gasteiger partial charge in [0.15, 0.2) is 5.60 Å². The van der Waals surface area contributed by atoms with Gasteiger partial charge in [-0.1, -0.05) is 37.5 Å². The molecule has 1 aromatic carbocycles. The van der Waals surface area contributed by atoms with Gasteiger partial charge in [-0.3, -0.25) is 0 Å². The van der Waals surface area contributed by atoms with Crippen LogP contribution in [0.2, 0.25) is 0 Å². The van der Waals surface area contributed by atoms with Gasteiger partial charge in [0.2, 0.25) is 6.41 Å². The largest absolute Gasteiger partial charge is 0.421 e. The molecule has 1 heterocycles. The maximum atomic E-state index is 13.8. The predicted octanol–water partition coefficient (Wildman–Crippen LogP) is 4.31. The number of aryl methyl sites for hydroxylation is 1. The minimum Gasteiger partial charge on any atom is -0.339 e. The van der Waals surface area contributed by atoms with Crippen molar-refractivity contribution in [3.05, 3.63) is 29.3 Å². The lowest BCUT2D eigenvalue weighted by Crippen LogP contribution is -2.52. The molecule has 0 saturated carbocycles. The number of hydrogen-bond donors (Lipinski definition) is 1. The average Bonchev–Trinajstić information content (AvgIpc) is 2.43. The standard InChI is InChI=1S/C15H20F3NO2/c1-4-5-8-14(15(16,17)18)11-9-10(2)6-7-12(11)19-13(20-3)21-14/h6-7,9,13,19H,4-5,8H2,1-3H3. The lowest BCUT2D eigenvalue weighted by Gasteiger charge is -2.43. The molecular formula is C15H20F3NO2. The second-order valence-electron chi connectivity index (χ2n) is 5.31. The number of alkyl halides is 3. The minimum atomic E-state index is -4.51. The maximum Gasteiger partial charge on any atom is 0.421 e. The van der Waals surface area contributed by atoms with Crippen LogP contribution in [0.15, 0.2) is 18.2 Å². The van der Waals surface area contributed by atoms with Crippen LogP contribution in [0.3, 0.4) is 0 Å². The van der Waals surface area contributed by atoms with Crippen LogP contribution in [0.5, 0.6) is 0 Å². The Morgan fingerprint density at radius 3 is 2.67 bits per heavy atom. The number of fused-ring (bicyclic) bond motifs is 1. The van der Waals surface area contributed by atoms with Gasteiger partial charge in [-0.25, -0.2) is 0 Å². The highest BCUT2D eigenvalue weighted by atomic mass is 19.4. The van der Waals surface area contributed by atoms with E-state index < -0.39 is 18.2 Å². The molecule has 6 heteroatoms. The Morgan fingerprint density at radius 2 is 2.10 bits per heavy atom. The fraction of sp³-hybridized carbons (Fsp3) is 0.600. The van der Waals surface area contributed by atoms with Gasteiger partial charge in [-0.2, -0.15) is 13.2 Å². The van der Waals surface area contributed by atoms with Crippen LogP contribution in [0.4, 0.5) is 18.9 Å². The number of methoxy groups -OCH3 is 1. The van der Waals surface area contributed by atoms with Crippen LogP contribution in [-0.4, -0.2) is 19.7 Å². The monoisotopic (exact) mass is 303 g/mol. The number of anilines is 1. The van der Waals surface area contributed by atoms with Crippen molar-refractivity contribution in [1.29, 1.82) is 0 Å². The average molecular weight is 303 g/mol. The lowest BCUT2D eigenvalue weighted by atomic mass is 9.84. The third-order valence-corrected chi connectivity index (χ3v) is 3.75. The third-order valence-electron chi connectivity index (χ3n) is 3.75. The molecule has 0 fully saturated rings. The summed E-state index contributed by atoms with van der Waals surface area (Å²) in [5.41, 5.74) is -1.01. The number of benzene rings is 1. The molecule has 118 valence electrons. The second-order valence-corrected chi connectivity index (χ2v) is 5.31. The van der Waals surface area contributed by atoms with Crippen LogP contribution < -0.4 is 5.32 Å². The van der Waals surface area contributed by atoms with E-state index in [1.54, 1.807) is 19.1 Å². The van der Waals surface area contributed by atoms with Crippen molar-refractivity contribution >= 4 is 5.69 Å². The van der Waals surface area contributed by atoms with Crippen molar-refractivity contribution < 1.29 is 22.6 Å². The normalized spacial score (nSPS) is 25.3.